The maximum Gasteiger partial charge on any atom is 0.336 e. The molecule has 2 aliphatic rings. The molecule has 0 unspecified atom stereocenters. The second-order valence-electron chi connectivity index (χ2n) is 7.99. The van der Waals surface area contributed by atoms with Gasteiger partial charge in [-0.1, -0.05) is 36.4 Å². The highest BCUT2D eigenvalue weighted by Crippen LogP contribution is 2.42. The lowest BCUT2D eigenvalue weighted by Crippen LogP contribution is -2.18. The first-order chi connectivity index (χ1) is 17.4. The highest BCUT2D eigenvalue weighted by molar-refractivity contribution is 6.09. The Kier molecular flexibility index (Phi) is 5.75. The third kappa shape index (κ3) is 4.30. The van der Waals surface area contributed by atoms with Crippen molar-refractivity contribution in [3.05, 3.63) is 112 Å². The van der Waals surface area contributed by atoms with E-state index in [1.807, 2.05) is 30.3 Å². The fourth-order valence-electron chi connectivity index (χ4n) is 4.00. The molecule has 0 atom stereocenters. The van der Waals surface area contributed by atoms with E-state index in [-0.39, 0.29) is 33.6 Å². The molecule has 1 amide bonds. The normalized spacial score (nSPS) is 11.2. The number of rotatable bonds is 5. The molecule has 8 heteroatoms. The molecule has 3 aromatic carbocycles. The summed E-state index contributed by atoms with van der Waals surface area (Å²) in [6.07, 6.45) is 1.48. The van der Waals surface area contributed by atoms with Crippen molar-refractivity contribution in [2.45, 2.75) is 0 Å². The Bertz CT molecular complexity index is 1690. The number of fused-ring (bicyclic) bond motifs is 2. The zero-order valence-corrected chi connectivity index (χ0v) is 18.6. The van der Waals surface area contributed by atoms with Crippen molar-refractivity contribution in [3.63, 3.8) is 0 Å². The van der Waals surface area contributed by atoms with Crippen LogP contribution < -0.4 is 10.9 Å². The largest absolute Gasteiger partial charge is 0.508 e. The van der Waals surface area contributed by atoms with Gasteiger partial charge in [0.1, 0.15) is 17.1 Å². The summed E-state index contributed by atoms with van der Waals surface area (Å²) < 4.78 is 5.83. The van der Waals surface area contributed by atoms with Gasteiger partial charge in [-0.2, -0.15) is 5.10 Å². The van der Waals surface area contributed by atoms with Crippen LogP contribution in [0.3, 0.4) is 0 Å². The van der Waals surface area contributed by atoms with Crippen LogP contribution in [0, 0.1) is 0 Å². The minimum Gasteiger partial charge on any atom is -0.508 e. The number of hydrogen-bond acceptors (Lipinski definition) is 6. The number of hydrazone groups is 1. The first-order valence-corrected chi connectivity index (χ1v) is 10.9. The van der Waals surface area contributed by atoms with E-state index in [0.29, 0.717) is 22.1 Å². The fraction of sp³-hybridized carbons (Fsp3) is 0. The minimum absolute atomic E-state index is 0.0450. The molecule has 0 spiro atoms. The molecule has 0 saturated heterocycles. The summed E-state index contributed by atoms with van der Waals surface area (Å²) in [5.74, 6) is -1.62. The van der Waals surface area contributed by atoms with Crippen molar-refractivity contribution in [2.24, 2.45) is 5.10 Å². The highest BCUT2D eigenvalue weighted by atomic mass is 16.4. The summed E-state index contributed by atoms with van der Waals surface area (Å²) in [5, 5.41) is 24.4. The predicted molar refractivity (Wildman–Crippen MR) is 135 cm³/mol. The molecule has 0 aromatic heterocycles. The van der Waals surface area contributed by atoms with E-state index in [9.17, 15) is 24.6 Å². The second kappa shape index (κ2) is 9.19. The smallest absolute Gasteiger partial charge is 0.336 e. The van der Waals surface area contributed by atoms with Gasteiger partial charge >= 0.3 is 5.97 Å². The number of carbonyl (C=O) groups is 2. The molecule has 1 aliphatic carbocycles. The van der Waals surface area contributed by atoms with Crippen LogP contribution >= 0.6 is 0 Å². The van der Waals surface area contributed by atoms with Gasteiger partial charge in [0.05, 0.1) is 11.8 Å². The number of aromatic carboxylic acids is 1. The minimum atomic E-state index is -1.24. The quantitative estimate of drug-likeness (QED) is 0.190. The van der Waals surface area contributed by atoms with Gasteiger partial charge in [-0.3, -0.25) is 9.59 Å². The van der Waals surface area contributed by atoms with Crippen molar-refractivity contribution in [1.82, 2.24) is 5.43 Å². The van der Waals surface area contributed by atoms with Crippen LogP contribution in [0.5, 0.6) is 5.75 Å². The maximum absolute atomic E-state index is 12.7. The van der Waals surface area contributed by atoms with E-state index >= 15 is 0 Å². The van der Waals surface area contributed by atoms with E-state index < -0.39 is 11.9 Å². The molecule has 5 rings (SSSR count). The number of nitrogens with zero attached hydrogens (tertiary/aromatic N) is 1. The SMILES string of the molecule is O=C(NN=Cc1ccccc1)c1ccc(-c2c3ccc(=O)cc-3oc3cc(O)ccc23)c(C(=O)O)c1. The molecule has 0 bridgehead atoms. The van der Waals surface area contributed by atoms with Crippen LogP contribution in [-0.2, 0) is 0 Å². The number of phenols is 1. The molecule has 1 heterocycles. The molecule has 1 aliphatic heterocycles. The molecule has 0 radical (unpaired) electrons. The maximum atomic E-state index is 12.7. The second-order valence-corrected chi connectivity index (χ2v) is 7.99. The molecule has 8 nitrogen and oxygen atoms in total. The zero-order chi connectivity index (χ0) is 25.2. The van der Waals surface area contributed by atoms with E-state index in [0.717, 1.165) is 5.56 Å². The first-order valence-electron chi connectivity index (χ1n) is 10.9. The average Bonchev–Trinajstić information content (AvgIpc) is 2.87. The van der Waals surface area contributed by atoms with E-state index in [1.165, 1.54) is 48.7 Å². The van der Waals surface area contributed by atoms with Gasteiger partial charge in [0, 0.05) is 34.2 Å². The van der Waals surface area contributed by atoms with Crippen molar-refractivity contribution >= 4 is 29.1 Å². The number of aromatic hydroxyl groups is 1. The number of phenolic OH excluding ortho intramolecular Hbond substituents is 1. The summed E-state index contributed by atoms with van der Waals surface area (Å²) in [7, 11) is 0. The lowest BCUT2D eigenvalue weighted by Gasteiger charge is -2.17. The average molecular weight is 478 g/mol. The molecular weight excluding hydrogens is 460 g/mol. The van der Waals surface area contributed by atoms with Crippen molar-refractivity contribution in [2.75, 3.05) is 0 Å². The van der Waals surface area contributed by atoms with E-state index in [2.05, 4.69) is 10.5 Å². The number of carboxylic acids is 1. The fourth-order valence-corrected chi connectivity index (χ4v) is 4.00. The summed E-state index contributed by atoms with van der Waals surface area (Å²) >= 11 is 0. The van der Waals surface area contributed by atoms with Gasteiger partial charge in [-0.05, 0) is 47.5 Å². The lowest BCUT2D eigenvalue weighted by atomic mass is 9.90. The Labute approximate surface area is 204 Å². The van der Waals surface area contributed by atoms with Gasteiger partial charge in [0.2, 0.25) is 0 Å². The lowest BCUT2D eigenvalue weighted by molar-refractivity contribution is 0.0697. The van der Waals surface area contributed by atoms with Crippen molar-refractivity contribution in [3.8, 4) is 28.2 Å². The van der Waals surface area contributed by atoms with Gasteiger partial charge in [0.25, 0.3) is 5.91 Å². The van der Waals surface area contributed by atoms with Crippen LogP contribution in [0.1, 0.15) is 26.3 Å². The Morgan fingerprint density at radius 1 is 0.889 bits per heavy atom. The molecule has 3 aromatic rings. The van der Waals surface area contributed by atoms with Crippen molar-refractivity contribution < 1.29 is 24.2 Å². The Hall–Kier alpha value is -5.24. The van der Waals surface area contributed by atoms with E-state index in [1.54, 1.807) is 12.1 Å². The monoisotopic (exact) mass is 478 g/mol. The molecular formula is C28H18N2O6. The third-order valence-electron chi connectivity index (χ3n) is 5.64. The van der Waals surface area contributed by atoms with Gasteiger partial charge < -0.3 is 14.6 Å². The Morgan fingerprint density at radius 2 is 1.67 bits per heavy atom. The molecule has 0 fully saturated rings. The van der Waals surface area contributed by atoms with Gasteiger partial charge in [-0.25, -0.2) is 10.2 Å². The molecule has 3 N–H and O–H groups in total. The van der Waals surface area contributed by atoms with E-state index in [4.69, 9.17) is 4.42 Å². The number of amides is 1. The van der Waals surface area contributed by atoms with Gasteiger partial charge in [0.15, 0.2) is 5.43 Å². The summed E-state index contributed by atoms with van der Waals surface area (Å²) in [6.45, 7) is 0. The number of nitrogens with one attached hydrogen (secondary N) is 1. The number of benzene rings is 4. The van der Waals surface area contributed by atoms with Crippen LogP contribution in [0.15, 0.2) is 99.2 Å². The highest BCUT2D eigenvalue weighted by Gasteiger charge is 2.23. The van der Waals surface area contributed by atoms with Crippen LogP contribution in [0.25, 0.3) is 33.4 Å². The topological polar surface area (TPSA) is 129 Å². The summed E-state index contributed by atoms with van der Waals surface area (Å²) in [6, 6.07) is 22.2. The van der Waals surface area contributed by atoms with Crippen LogP contribution in [0.2, 0.25) is 0 Å². The number of carboxylic acid groups (broad SMARTS) is 1. The van der Waals surface area contributed by atoms with Crippen molar-refractivity contribution in [1.29, 1.82) is 0 Å². The zero-order valence-electron chi connectivity index (χ0n) is 18.6. The predicted octanol–water partition coefficient (Wildman–Crippen LogP) is 4.73. The standard InChI is InChI=1S/C28H18N2O6/c31-18-7-10-21-24(13-18)36-25-14-19(32)8-11-22(25)26(21)20-9-6-17(12-23(20)28(34)35)27(33)30-29-15-16-4-2-1-3-5-16/h1-15,31H,(H,30,33)(H,34,35). The summed E-state index contributed by atoms with van der Waals surface area (Å²) in [5.41, 5.74) is 4.51. The van der Waals surface area contributed by atoms with Crippen LogP contribution in [0.4, 0.5) is 0 Å². The summed E-state index contributed by atoms with van der Waals surface area (Å²) in [4.78, 5) is 36.9. The molecule has 0 saturated carbocycles. The molecule has 176 valence electrons. The first kappa shape index (κ1) is 22.5. The van der Waals surface area contributed by atoms with Crippen LogP contribution in [-0.4, -0.2) is 28.3 Å². The Balaban J connectivity index is 1.61. The number of hydrogen-bond donors (Lipinski definition) is 3. The number of carbonyl (C=O) groups excluding carboxylic acids is 1. The third-order valence-corrected chi connectivity index (χ3v) is 5.64. The molecule has 36 heavy (non-hydrogen) atoms. The van der Waals surface area contributed by atoms with Gasteiger partial charge in [-0.15, -0.1) is 0 Å². The Morgan fingerprint density at radius 3 is 2.44 bits per heavy atom.